The van der Waals surface area contributed by atoms with Crippen LogP contribution in [0.5, 0.6) is 0 Å². The van der Waals surface area contributed by atoms with Crippen LogP contribution in [0.4, 0.5) is 5.69 Å². The van der Waals surface area contributed by atoms with Crippen LogP contribution < -0.4 is 5.73 Å². The molecule has 0 amide bonds. The van der Waals surface area contributed by atoms with Crippen LogP contribution in [-0.4, -0.2) is 0 Å². The molecule has 0 atom stereocenters. The van der Waals surface area contributed by atoms with Crippen molar-refractivity contribution >= 4 is 40.7 Å². The van der Waals surface area contributed by atoms with Crippen molar-refractivity contribution in [1.82, 2.24) is 0 Å². The fraction of sp³-hybridized carbons (Fsp3) is 0. The number of nitrogen functional groups attached to an aromatic ring is 1. The summed E-state index contributed by atoms with van der Waals surface area (Å²) in [6.45, 7) is 0. The number of anilines is 1. The van der Waals surface area contributed by atoms with Gasteiger partial charge >= 0.3 is 0 Å². The van der Waals surface area contributed by atoms with E-state index in [9.17, 15) is 0 Å². The molecule has 0 spiro atoms. The van der Waals surface area contributed by atoms with Crippen molar-refractivity contribution in [2.45, 2.75) is 0 Å². The zero-order valence-electron chi connectivity index (χ0n) is 7.98. The summed E-state index contributed by atoms with van der Waals surface area (Å²) in [4.78, 5) is 0. The van der Waals surface area contributed by atoms with Gasteiger partial charge in [-0.1, -0.05) is 36.4 Å². The van der Waals surface area contributed by atoms with Gasteiger partial charge in [0.15, 0.2) is 0 Å². The number of nitrogens with two attached hydrogens (primary N) is 1. The summed E-state index contributed by atoms with van der Waals surface area (Å²) < 4.78 is 1.23. The van der Waals surface area contributed by atoms with Crippen molar-refractivity contribution < 1.29 is 0 Å². The van der Waals surface area contributed by atoms with Gasteiger partial charge in [-0.2, -0.15) is 0 Å². The van der Waals surface area contributed by atoms with E-state index in [1.54, 1.807) is 0 Å². The minimum absolute atomic E-state index is 0. The van der Waals surface area contributed by atoms with Crippen molar-refractivity contribution in [1.29, 1.82) is 0 Å². The summed E-state index contributed by atoms with van der Waals surface area (Å²) in [6, 6.07) is 16.2. The van der Waals surface area contributed by atoms with Crippen molar-refractivity contribution in [2.24, 2.45) is 0 Å². The number of halogens is 2. The molecule has 0 radical (unpaired) electrons. The van der Waals surface area contributed by atoms with E-state index in [1.165, 1.54) is 9.13 Å². The zero-order valence-corrected chi connectivity index (χ0v) is 11.0. The SMILES string of the molecule is Cl.Nc1ccccc1-c1ccccc1I. The second-order valence-electron chi connectivity index (χ2n) is 3.07. The Kier molecular flexibility index (Phi) is 4.42. The van der Waals surface area contributed by atoms with Crippen LogP contribution in [0.25, 0.3) is 11.1 Å². The standard InChI is InChI=1S/C12H10IN.ClH/c13-11-7-3-1-5-9(11)10-6-2-4-8-12(10)14;/h1-8H,14H2;1H. The maximum atomic E-state index is 5.92. The predicted octanol–water partition coefficient (Wildman–Crippen LogP) is 3.96. The van der Waals surface area contributed by atoms with Gasteiger partial charge < -0.3 is 5.73 Å². The van der Waals surface area contributed by atoms with Crippen LogP contribution in [0.3, 0.4) is 0 Å². The summed E-state index contributed by atoms with van der Waals surface area (Å²) >= 11 is 2.32. The molecule has 0 saturated heterocycles. The van der Waals surface area contributed by atoms with Gasteiger partial charge in [-0.25, -0.2) is 0 Å². The molecule has 2 aromatic carbocycles. The van der Waals surface area contributed by atoms with E-state index >= 15 is 0 Å². The van der Waals surface area contributed by atoms with Crippen LogP contribution in [0.1, 0.15) is 0 Å². The zero-order chi connectivity index (χ0) is 9.97. The van der Waals surface area contributed by atoms with E-state index < -0.39 is 0 Å². The lowest BCUT2D eigenvalue weighted by Crippen LogP contribution is -1.90. The maximum Gasteiger partial charge on any atom is 0.0394 e. The smallest absolute Gasteiger partial charge is 0.0394 e. The van der Waals surface area contributed by atoms with Crippen molar-refractivity contribution in [3.63, 3.8) is 0 Å². The number of hydrogen-bond donors (Lipinski definition) is 1. The molecule has 0 saturated carbocycles. The highest BCUT2D eigenvalue weighted by Crippen LogP contribution is 2.29. The highest BCUT2D eigenvalue weighted by atomic mass is 127. The fourth-order valence-corrected chi connectivity index (χ4v) is 2.10. The average Bonchev–Trinajstić information content (AvgIpc) is 2.20. The van der Waals surface area contributed by atoms with Gasteiger partial charge in [0.25, 0.3) is 0 Å². The van der Waals surface area contributed by atoms with Crippen LogP contribution in [0.15, 0.2) is 48.5 Å². The van der Waals surface area contributed by atoms with E-state index in [0.29, 0.717) is 0 Å². The van der Waals surface area contributed by atoms with E-state index in [0.717, 1.165) is 11.3 Å². The van der Waals surface area contributed by atoms with Gasteiger partial charge in [-0.15, -0.1) is 12.4 Å². The Balaban J connectivity index is 0.00000112. The molecular formula is C12H11ClIN. The van der Waals surface area contributed by atoms with Gasteiger partial charge in [0.1, 0.15) is 0 Å². The largest absolute Gasteiger partial charge is 0.398 e. The molecule has 0 aliphatic heterocycles. The third kappa shape index (κ3) is 2.63. The van der Waals surface area contributed by atoms with E-state index in [-0.39, 0.29) is 12.4 Å². The van der Waals surface area contributed by atoms with Crippen molar-refractivity contribution in [3.8, 4) is 11.1 Å². The monoisotopic (exact) mass is 331 g/mol. The molecule has 0 heterocycles. The van der Waals surface area contributed by atoms with Crippen LogP contribution in [0, 0.1) is 3.57 Å². The Labute approximate surface area is 109 Å². The Bertz CT molecular complexity index is 413. The third-order valence-corrected chi connectivity index (χ3v) is 3.07. The highest BCUT2D eigenvalue weighted by Gasteiger charge is 2.03. The molecule has 2 N–H and O–H groups in total. The summed E-state index contributed by atoms with van der Waals surface area (Å²) in [5.74, 6) is 0. The fourth-order valence-electron chi connectivity index (χ4n) is 1.42. The third-order valence-electron chi connectivity index (χ3n) is 2.12. The molecule has 15 heavy (non-hydrogen) atoms. The quantitative estimate of drug-likeness (QED) is 0.621. The Morgan fingerprint density at radius 2 is 1.33 bits per heavy atom. The molecule has 1 nitrogen and oxygen atoms in total. The lowest BCUT2D eigenvalue weighted by Gasteiger charge is -2.06. The first-order chi connectivity index (χ1) is 6.79. The molecule has 3 heteroatoms. The minimum Gasteiger partial charge on any atom is -0.398 e. The number of para-hydroxylation sites is 1. The van der Waals surface area contributed by atoms with E-state index in [2.05, 4.69) is 34.7 Å². The Hall–Kier alpha value is -0.740. The summed E-state index contributed by atoms with van der Waals surface area (Å²) in [7, 11) is 0. The Morgan fingerprint density at radius 1 is 0.800 bits per heavy atom. The Morgan fingerprint density at radius 3 is 1.93 bits per heavy atom. The molecule has 0 aliphatic carbocycles. The lowest BCUT2D eigenvalue weighted by atomic mass is 10.0. The molecular weight excluding hydrogens is 320 g/mol. The molecule has 0 aromatic heterocycles. The second-order valence-corrected chi connectivity index (χ2v) is 4.23. The topological polar surface area (TPSA) is 26.0 Å². The molecule has 0 bridgehead atoms. The maximum absolute atomic E-state index is 5.92. The van der Waals surface area contributed by atoms with Gasteiger partial charge in [-0.3, -0.25) is 0 Å². The van der Waals surface area contributed by atoms with Gasteiger partial charge in [0.2, 0.25) is 0 Å². The predicted molar refractivity (Wildman–Crippen MR) is 76.3 cm³/mol. The highest BCUT2D eigenvalue weighted by molar-refractivity contribution is 14.1. The molecule has 0 fully saturated rings. The molecule has 2 rings (SSSR count). The lowest BCUT2D eigenvalue weighted by molar-refractivity contribution is 1.58. The summed E-state index contributed by atoms with van der Waals surface area (Å²) in [5.41, 5.74) is 9.06. The van der Waals surface area contributed by atoms with Gasteiger partial charge in [0.05, 0.1) is 0 Å². The summed E-state index contributed by atoms with van der Waals surface area (Å²) in [5, 5.41) is 0. The van der Waals surface area contributed by atoms with Gasteiger partial charge in [0, 0.05) is 14.8 Å². The molecule has 0 aliphatic rings. The molecule has 2 aromatic rings. The van der Waals surface area contributed by atoms with Crippen LogP contribution in [-0.2, 0) is 0 Å². The second kappa shape index (κ2) is 5.37. The average molecular weight is 332 g/mol. The van der Waals surface area contributed by atoms with Crippen molar-refractivity contribution in [3.05, 3.63) is 52.1 Å². The van der Waals surface area contributed by atoms with Crippen LogP contribution >= 0.6 is 35.0 Å². The number of benzene rings is 2. The number of rotatable bonds is 1. The first kappa shape index (κ1) is 12.3. The summed E-state index contributed by atoms with van der Waals surface area (Å²) in [6.07, 6.45) is 0. The normalized spacial score (nSPS) is 9.40. The first-order valence-corrected chi connectivity index (χ1v) is 5.46. The van der Waals surface area contributed by atoms with Gasteiger partial charge in [-0.05, 0) is 40.3 Å². The molecule has 0 unspecified atom stereocenters. The number of hydrogen-bond acceptors (Lipinski definition) is 1. The first-order valence-electron chi connectivity index (χ1n) is 4.38. The van der Waals surface area contributed by atoms with Crippen molar-refractivity contribution in [2.75, 3.05) is 5.73 Å². The minimum atomic E-state index is 0. The van der Waals surface area contributed by atoms with E-state index in [1.807, 2.05) is 36.4 Å². The van der Waals surface area contributed by atoms with Crippen LogP contribution in [0.2, 0.25) is 0 Å². The van der Waals surface area contributed by atoms with E-state index in [4.69, 9.17) is 5.73 Å². The molecule has 78 valence electrons.